The van der Waals surface area contributed by atoms with Gasteiger partial charge in [-0.05, 0) is 24.3 Å². The van der Waals surface area contributed by atoms with Gasteiger partial charge in [0, 0.05) is 30.8 Å². The summed E-state index contributed by atoms with van der Waals surface area (Å²) in [5, 5.41) is 8.84. The first kappa shape index (κ1) is 15.6. The summed E-state index contributed by atoms with van der Waals surface area (Å²) >= 11 is 0. The molecule has 0 aliphatic carbocycles. The van der Waals surface area contributed by atoms with Crippen LogP contribution in [0.4, 0.5) is 5.69 Å². The largest absolute Gasteiger partial charge is 0.478 e. The van der Waals surface area contributed by atoms with E-state index >= 15 is 0 Å². The van der Waals surface area contributed by atoms with Gasteiger partial charge in [-0.25, -0.2) is 4.79 Å². The van der Waals surface area contributed by atoms with Crippen molar-refractivity contribution in [2.75, 3.05) is 38.0 Å². The first-order chi connectivity index (χ1) is 12.2. The van der Waals surface area contributed by atoms with E-state index < -0.39 is 5.97 Å². The third-order valence-corrected chi connectivity index (χ3v) is 4.11. The number of aliphatic carboxylic acids is 1. The number of fused-ring (bicyclic) bond motifs is 1. The molecule has 0 amide bonds. The molecule has 2 aliphatic heterocycles. The first-order valence-corrected chi connectivity index (χ1v) is 7.98. The van der Waals surface area contributed by atoms with Crippen LogP contribution in [-0.2, 0) is 9.53 Å². The van der Waals surface area contributed by atoms with Crippen LogP contribution < -0.4 is 14.4 Å². The van der Waals surface area contributed by atoms with Gasteiger partial charge in [-0.3, -0.25) is 0 Å². The van der Waals surface area contributed by atoms with Crippen molar-refractivity contribution >= 4 is 17.7 Å². The monoisotopic (exact) mass is 343 g/mol. The molecule has 1 N–H and O–H groups in total. The number of ether oxygens (including phenoxy) is 3. The average Bonchev–Trinajstić information content (AvgIpc) is 3.27. The van der Waals surface area contributed by atoms with Crippen molar-refractivity contribution in [2.45, 2.75) is 0 Å². The molecule has 1 saturated heterocycles. The zero-order valence-corrected chi connectivity index (χ0v) is 13.4. The van der Waals surface area contributed by atoms with Crippen LogP contribution in [-0.4, -0.2) is 44.2 Å². The van der Waals surface area contributed by atoms with Crippen molar-refractivity contribution in [3.05, 3.63) is 36.1 Å². The molecule has 1 fully saturated rings. The maximum Gasteiger partial charge on any atom is 0.328 e. The molecule has 1 aromatic carbocycles. The molecule has 0 bridgehead atoms. The van der Waals surface area contributed by atoms with E-state index in [4.69, 9.17) is 23.7 Å². The van der Waals surface area contributed by atoms with Crippen LogP contribution >= 0.6 is 0 Å². The Morgan fingerprint density at radius 3 is 2.72 bits per heavy atom. The molecule has 2 aliphatic rings. The lowest BCUT2D eigenvalue weighted by molar-refractivity contribution is -0.131. The minimum Gasteiger partial charge on any atom is -0.478 e. The molecule has 7 heteroatoms. The molecule has 0 radical (unpaired) electrons. The molecule has 4 rings (SSSR count). The number of rotatable bonds is 4. The van der Waals surface area contributed by atoms with E-state index in [2.05, 4.69) is 4.90 Å². The molecule has 0 spiro atoms. The average molecular weight is 343 g/mol. The zero-order valence-electron chi connectivity index (χ0n) is 13.4. The van der Waals surface area contributed by atoms with Crippen molar-refractivity contribution in [1.29, 1.82) is 0 Å². The molecule has 3 heterocycles. The fraction of sp³-hybridized carbons (Fsp3) is 0.278. The van der Waals surface area contributed by atoms with Crippen molar-refractivity contribution in [2.24, 2.45) is 0 Å². The summed E-state index contributed by atoms with van der Waals surface area (Å²) in [5.41, 5.74) is 1.76. The minimum absolute atomic E-state index is 0.208. The summed E-state index contributed by atoms with van der Waals surface area (Å²) in [6.07, 6.45) is 2.51. The number of benzene rings is 1. The molecule has 130 valence electrons. The fourth-order valence-electron chi connectivity index (χ4n) is 2.92. The molecular weight excluding hydrogens is 326 g/mol. The van der Waals surface area contributed by atoms with Gasteiger partial charge < -0.3 is 28.6 Å². The Hall–Kier alpha value is -2.93. The Labute approximate surface area is 144 Å². The maximum absolute atomic E-state index is 10.8. The zero-order chi connectivity index (χ0) is 17.2. The van der Waals surface area contributed by atoms with Crippen molar-refractivity contribution in [3.8, 4) is 22.8 Å². The van der Waals surface area contributed by atoms with E-state index in [0.29, 0.717) is 36.2 Å². The maximum atomic E-state index is 10.8. The summed E-state index contributed by atoms with van der Waals surface area (Å²) in [5.74, 6) is 1.51. The number of hydrogen-bond acceptors (Lipinski definition) is 6. The Bertz CT molecular complexity index is 819. The second kappa shape index (κ2) is 6.52. The summed E-state index contributed by atoms with van der Waals surface area (Å²) in [6, 6.07) is 7.47. The van der Waals surface area contributed by atoms with Crippen molar-refractivity contribution in [3.63, 3.8) is 0 Å². The molecular formula is C18H17NO6. The summed E-state index contributed by atoms with van der Waals surface area (Å²) < 4.78 is 22.1. The SMILES string of the molecule is O=C(O)/C=C/c1cc(N2CCOCC2)c(-c2ccc3c(c2)OCO3)o1. The summed E-state index contributed by atoms with van der Waals surface area (Å²) in [6.45, 7) is 3.00. The number of furan rings is 1. The Balaban J connectivity index is 1.74. The number of nitrogens with zero attached hydrogens (tertiary/aromatic N) is 1. The van der Waals surface area contributed by atoms with Crippen LogP contribution in [0.2, 0.25) is 0 Å². The molecule has 2 aromatic rings. The number of anilines is 1. The van der Waals surface area contributed by atoms with E-state index in [1.807, 2.05) is 24.3 Å². The van der Waals surface area contributed by atoms with Gasteiger partial charge in [-0.2, -0.15) is 0 Å². The van der Waals surface area contributed by atoms with Crippen LogP contribution in [0.25, 0.3) is 17.4 Å². The number of hydrogen-bond donors (Lipinski definition) is 1. The lowest BCUT2D eigenvalue weighted by Gasteiger charge is -2.28. The van der Waals surface area contributed by atoms with Crippen LogP contribution in [0, 0.1) is 0 Å². The van der Waals surface area contributed by atoms with Gasteiger partial charge in [0.2, 0.25) is 6.79 Å². The number of carbonyl (C=O) groups is 1. The number of carboxylic acid groups (broad SMARTS) is 1. The van der Waals surface area contributed by atoms with Crippen LogP contribution in [0.15, 0.2) is 34.8 Å². The van der Waals surface area contributed by atoms with Crippen molar-refractivity contribution in [1.82, 2.24) is 0 Å². The third kappa shape index (κ3) is 3.18. The molecule has 0 atom stereocenters. The van der Waals surface area contributed by atoms with E-state index in [1.54, 1.807) is 0 Å². The second-order valence-electron chi connectivity index (χ2n) is 5.70. The molecule has 1 aromatic heterocycles. The Morgan fingerprint density at radius 1 is 1.12 bits per heavy atom. The predicted molar refractivity (Wildman–Crippen MR) is 90.0 cm³/mol. The first-order valence-electron chi connectivity index (χ1n) is 7.98. The summed E-state index contributed by atoms with van der Waals surface area (Å²) in [4.78, 5) is 12.9. The Kier molecular flexibility index (Phi) is 4.07. The number of morpholine rings is 1. The standard InChI is InChI=1S/C18H17NO6/c20-17(21)4-2-13-10-14(19-5-7-22-8-6-19)18(25-13)12-1-3-15-16(9-12)24-11-23-15/h1-4,9-10H,5-8,11H2,(H,20,21)/b4-2+. The lowest BCUT2D eigenvalue weighted by atomic mass is 10.1. The highest BCUT2D eigenvalue weighted by Gasteiger charge is 2.22. The van der Waals surface area contributed by atoms with Gasteiger partial charge >= 0.3 is 5.97 Å². The topological polar surface area (TPSA) is 81.4 Å². The van der Waals surface area contributed by atoms with Gasteiger partial charge in [0.1, 0.15) is 5.76 Å². The highest BCUT2D eigenvalue weighted by molar-refractivity contribution is 5.86. The smallest absolute Gasteiger partial charge is 0.328 e. The lowest BCUT2D eigenvalue weighted by Crippen LogP contribution is -2.36. The van der Waals surface area contributed by atoms with Gasteiger partial charge in [-0.15, -0.1) is 0 Å². The normalized spacial score (nSPS) is 16.6. The molecule has 0 saturated carbocycles. The minimum atomic E-state index is -1.02. The highest BCUT2D eigenvalue weighted by Crippen LogP contribution is 2.40. The van der Waals surface area contributed by atoms with Crippen LogP contribution in [0.5, 0.6) is 11.5 Å². The third-order valence-electron chi connectivity index (χ3n) is 4.11. The van der Waals surface area contributed by atoms with E-state index in [0.717, 1.165) is 30.4 Å². The summed E-state index contributed by atoms with van der Waals surface area (Å²) in [7, 11) is 0. The fourth-order valence-corrected chi connectivity index (χ4v) is 2.92. The highest BCUT2D eigenvalue weighted by atomic mass is 16.7. The predicted octanol–water partition coefficient (Wildman–Crippen LogP) is 2.61. The van der Waals surface area contributed by atoms with Crippen LogP contribution in [0.1, 0.15) is 5.76 Å². The quantitative estimate of drug-likeness (QED) is 0.855. The van der Waals surface area contributed by atoms with Crippen molar-refractivity contribution < 1.29 is 28.5 Å². The van der Waals surface area contributed by atoms with E-state index in [9.17, 15) is 4.79 Å². The van der Waals surface area contributed by atoms with E-state index in [1.165, 1.54) is 6.08 Å². The number of carboxylic acids is 1. The van der Waals surface area contributed by atoms with Gasteiger partial charge in [-0.1, -0.05) is 0 Å². The molecule has 7 nitrogen and oxygen atoms in total. The molecule has 25 heavy (non-hydrogen) atoms. The van der Waals surface area contributed by atoms with Gasteiger partial charge in [0.15, 0.2) is 17.3 Å². The van der Waals surface area contributed by atoms with Crippen LogP contribution in [0.3, 0.4) is 0 Å². The van der Waals surface area contributed by atoms with Gasteiger partial charge in [0.25, 0.3) is 0 Å². The Morgan fingerprint density at radius 2 is 1.92 bits per heavy atom. The van der Waals surface area contributed by atoms with Gasteiger partial charge in [0.05, 0.1) is 18.9 Å². The van der Waals surface area contributed by atoms with E-state index in [-0.39, 0.29) is 6.79 Å². The molecule has 0 unspecified atom stereocenters. The second-order valence-corrected chi connectivity index (χ2v) is 5.70.